The van der Waals surface area contributed by atoms with Crippen LogP contribution in [0, 0.1) is 0 Å². The Bertz CT molecular complexity index is 910. The van der Waals surface area contributed by atoms with Gasteiger partial charge in [0.2, 0.25) is 0 Å². The van der Waals surface area contributed by atoms with Gasteiger partial charge in [-0.25, -0.2) is 4.39 Å². The predicted molar refractivity (Wildman–Crippen MR) is 122 cm³/mol. The standard InChI is InChI=1S/C25H30FN3O2/c1-31-24-12-6-5-11-23(24)28-16-14-27(15-17-28)21-10-7-13-29(19-21)25(30)22(26)18-20-8-3-2-4-9-20/h2-6,8-9,11-12,18,21H,7,10,13-17,19H2,1H3/b22-18-/t21-/m1/s1. The fourth-order valence-corrected chi connectivity index (χ4v) is 4.56. The molecule has 0 saturated carbocycles. The zero-order valence-corrected chi connectivity index (χ0v) is 18.0. The Hall–Kier alpha value is -2.86. The highest BCUT2D eigenvalue weighted by atomic mass is 19.1. The minimum atomic E-state index is -0.687. The first kappa shape index (κ1) is 21.4. The molecule has 2 aliphatic rings. The Morgan fingerprint density at radius 3 is 2.45 bits per heavy atom. The molecule has 1 atom stereocenters. The topological polar surface area (TPSA) is 36.0 Å². The number of benzene rings is 2. The summed E-state index contributed by atoms with van der Waals surface area (Å²) in [6.07, 6.45) is 3.28. The lowest BCUT2D eigenvalue weighted by molar-refractivity contribution is -0.130. The van der Waals surface area contributed by atoms with E-state index in [-0.39, 0.29) is 6.04 Å². The van der Waals surface area contributed by atoms with Gasteiger partial charge >= 0.3 is 0 Å². The Morgan fingerprint density at radius 1 is 1.00 bits per heavy atom. The maximum atomic E-state index is 14.6. The molecule has 2 aromatic rings. The molecule has 2 fully saturated rings. The lowest BCUT2D eigenvalue weighted by Gasteiger charge is -2.44. The van der Waals surface area contributed by atoms with E-state index in [4.69, 9.17) is 4.74 Å². The Balaban J connectivity index is 1.35. The molecule has 2 aliphatic heterocycles. The lowest BCUT2D eigenvalue weighted by atomic mass is 10.0. The van der Waals surface area contributed by atoms with Crippen molar-refractivity contribution in [2.75, 3.05) is 51.3 Å². The van der Waals surface area contributed by atoms with Gasteiger partial charge in [0.15, 0.2) is 5.83 Å². The molecular weight excluding hydrogens is 393 g/mol. The van der Waals surface area contributed by atoms with Crippen molar-refractivity contribution in [3.63, 3.8) is 0 Å². The molecule has 4 rings (SSSR count). The molecule has 5 nitrogen and oxygen atoms in total. The van der Waals surface area contributed by atoms with E-state index in [0.717, 1.165) is 50.5 Å². The summed E-state index contributed by atoms with van der Waals surface area (Å²) in [6, 6.07) is 17.5. The number of rotatable bonds is 5. The minimum Gasteiger partial charge on any atom is -0.495 e. The molecule has 0 bridgehead atoms. The number of para-hydroxylation sites is 2. The number of anilines is 1. The number of hydrogen-bond acceptors (Lipinski definition) is 4. The molecule has 2 saturated heterocycles. The van der Waals surface area contributed by atoms with Crippen molar-refractivity contribution in [1.82, 2.24) is 9.80 Å². The number of hydrogen-bond donors (Lipinski definition) is 0. The van der Waals surface area contributed by atoms with Gasteiger partial charge < -0.3 is 14.5 Å². The molecule has 2 aromatic carbocycles. The first-order chi connectivity index (χ1) is 15.2. The van der Waals surface area contributed by atoms with Crippen LogP contribution in [0.25, 0.3) is 6.08 Å². The van der Waals surface area contributed by atoms with Gasteiger partial charge in [-0.15, -0.1) is 0 Å². The third kappa shape index (κ3) is 5.07. The van der Waals surface area contributed by atoms with Crippen molar-refractivity contribution in [3.05, 3.63) is 66.0 Å². The maximum absolute atomic E-state index is 14.6. The molecule has 164 valence electrons. The smallest absolute Gasteiger partial charge is 0.282 e. The van der Waals surface area contributed by atoms with Crippen LogP contribution < -0.4 is 9.64 Å². The predicted octanol–water partition coefficient (Wildman–Crippen LogP) is 3.82. The van der Waals surface area contributed by atoms with Gasteiger partial charge in [0.1, 0.15) is 5.75 Å². The summed E-state index contributed by atoms with van der Waals surface area (Å²) >= 11 is 0. The van der Waals surface area contributed by atoms with Crippen molar-refractivity contribution in [1.29, 1.82) is 0 Å². The SMILES string of the molecule is COc1ccccc1N1CCN([C@@H]2CCCN(C(=O)/C(F)=C/c3ccccc3)C2)CC1. The first-order valence-electron chi connectivity index (χ1n) is 11.0. The molecule has 6 heteroatoms. The van der Waals surface area contributed by atoms with E-state index >= 15 is 0 Å². The monoisotopic (exact) mass is 423 g/mol. The zero-order chi connectivity index (χ0) is 21.6. The number of carbonyl (C=O) groups is 1. The minimum absolute atomic E-state index is 0.280. The summed E-state index contributed by atoms with van der Waals surface area (Å²) < 4.78 is 20.1. The average Bonchev–Trinajstić information content (AvgIpc) is 2.84. The molecule has 1 amide bonds. The van der Waals surface area contributed by atoms with Crippen LogP contribution in [0.1, 0.15) is 18.4 Å². The van der Waals surface area contributed by atoms with E-state index in [9.17, 15) is 9.18 Å². The number of nitrogens with zero attached hydrogens (tertiary/aromatic N) is 3. The number of piperidine rings is 1. The second-order valence-electron chi connectivity index (χ2n) is 8.15. The van der Waals surface area contributed by atoms with E-state index in [1.54, 1.807) is 24.1 Å². The van der Waals surface area contributed by atoms with E-state index in [2.05, 4.69) is 15.9 Å². The summed E-state index contributed by atoms with van der Waals surface area (Å²) in [6.45, 7) is 4.87. The second-order valence-corrected chi connectivity index (χ2v) is 8.15. The lowest BCUT2D eigenvalue weighted by Crippen LogP contribution is -2.56. The third-order valence-corrected chi connectivity index (χ3v) is 6.24. The number of piperazine rings is 1. The Morgan fingerprint density at radius 2 is 1.71 bits per heavy atom. The molecule has 0 N–H and O–H groups in total. The van der Waals surface area contributed by atoms with Crippen molar-refractivity contribution < 1.29 is 13.9 Å². The van der Waals surface area contributed by atoms with E-state index in [0.29, 0.717) is 18.7 Å². The molecule has 0 unspecified atom stereocenters. The number of amides is 1. The quantitative estimate of drug-likeness (QED) is 0.685. The summed E-state index contributed by atoms with van der Waals surface area (Å²) in [5.41, 5.74) is 1.83. The van der Waals surface area contributed by atoms with Gasteiger partial charge in [0.25, 0.3) is 5.91 Å². The molecule has 2 heterocycles. The summed E-state index contributed by atoms with van der Waals surface area (Å²) in [4.78, 5) is 19.2. The van der Waals surface area contributed by atoms with Gasteiger partial charge in [0.05, 0.1) is 12.8 Å². The fraction of sp³-hybridized carbons (Fsp3) is 0.400. The Labute approximate surface area is 183 Å². The van der Waals surface area contributed by atoms with Crippen molar-refractivity contribution >= 4 is 17.7 Å². The Kier molecular flexibility index (Phi) is 6.87. The number of likely N-dealkylation sites (tertiary alicyclic amines) is 1. The van der Waals surface area contributed by atoms with Crippen LogP contribution in [0.2, 0.25) is 0 Å². The van der Waals surface area contributed by atoms with Crippen molar-refractivity contribution in [2.45, 2.75) is 18.9 Å². The maximum Gasteiger partial charge on any atom is 0.282 e. The van der Waals surface area contributed by atoms with Crippen molar-refractivity contribution in [3.8, 4) is 5.75 Å². The van der Waals surface area contributed by atoms with Gasteiger partial charge in [0, 0.05) is 45.3 Å². The van der Waals surface area contributed by atoms with Crippen LogP contribution in [-0.2, 0) is 4.79 Å². The largest absolute Gasteiger partial charge is 0.495 e. The number of ether oxygens (including phenoxy) is 1. The van der Waals surface area contributed by atoms with E-state index in [1.807, 2.05) is 36.4 Å². The third-order valence-electron chi connectivity index (χ3n) is 6.24. The molecule has 0 radical (unpaired) electrons. The van der Waals surface area contributed by atoms with Crippen LogP contribution in [-0.4, -0.2) is 68.1 Å². The molecular formula is C25H30FN3O2. The van der Waals surface area contributed by atoms with Crippen LogP contribution >= 0.6 is 0 Å². The number of carbonyl (C=O) groups excluding carboxylic acids is 1. The molecule has 0 aliphatic carbocycles. The molecule has 31 heavy (non-hydrogen) atoms. The van der Waals surface area contributed by atoms with Crippen LogP contribution in [0.15, 0.2) is 60.4 Å². The first-order valence-corrected chi connectivity index (χ1v) is 11.0. The highest BCUT2D eigenvalue weighted by Crippen LogP contribution is 2.29. The van der Waals surface area contributed by atoms with E-state index in [1.165, 1.54) is 6.08 Å². The molecule has 0 spiro atoms. The van der Waals surface area contributed by atoms with Crippen molar-refractivity contribution in [2.24, 2.45) is 0 Å². The van der Waals surface area contributed by atoms with E-state index < -0.39 is 11.7 Å². The number of halogens is 1. The van der Waals surface area contributed by atoms with Crippen LogP contribution in [0.3, 0.4) is 0 Å². The highest BCUT2D eigenvalue weighted by Gasteiger charge is 2.31. The van der Waals surface area contributed by atoms with Crippen LogP contribution in [0.5, 0.6) is 5.75 Å². The highest BCUT2D eigenvalue weighted by molar-refractivity contribution is 5.95. The van der Waals surface area contributed by atoms with Gasteiger partial charge in [-0.1, -0.05) is 42.5 Å². The van der Waals surface area contributed by atoms with Gasteiger partial charge in [-0.05, 0) is 36.6 Å². The summed E-state index contributed by atoms with van der Waals surface area (Å²) in [5, 5.41) is 0. The average molecular weight is 424 g/mol. The normalized spacial score (nSPS) is 20.6. The second kappa shape index (κ2) is 9.96. The summed E-state index contributed by atoms with van der Waals surface area (Å²) in [5.74, 6) is -0.292. The van der Waals surface area contributed by atoms with Crippen LogP contribution in [0.4, 0.5) is 10.1 Å². The van der Waals surface area contributed by atoms with Gasteiger partial charge in [-0.3, -0.25) is 9.69 Å². The summed E-state index contributed by atoms with van der Waals surface area (Å²) in [7, 11) is 1.70. The van der Waals surface area contributed by atoms with Gasteiger partial charge in [-0.2, -0.15) is 0 Å². The number of methoxy groups -OCH3 is 1. The molecule has 0 aromatic heterocycles. The zero-order valence-electron chi connectivity index (χ0n) is 18.0. The fourth-order valence-electron chi connectivity index (χ4n) is 4.56.